The van der Waals surface area contributed by atoms with Gasteiger partial charge in [-0.05, 0) is 41.5 Å². The van der Waals surface area contributed by atoms with Gasteiger partial charge in [0.25, 0.3) is 0 Å². The maximum Gasteiger partial charge on any atom is 0.173 e. The van der Waals surface area contributed by atoms with Crippen LogP contribution in [0.2, 0.25) is 10.0 Å². The zero-order valence-electron chi connectivity index (χ0n) is 16.5. The van der Waals surface area contributed by atoms with E-state index in [0.29, 0.717) is 6.54 Å². The zero-order chi connectivity index (χ0) is 20.9. The predicted molar refractivity (Wildman–Crippen MR) is 127 cm³/mol. The van der Waals surface area contributed by atoms with Gasteiger partial charge in [0, 0.05) is 49.0 Å². The fraction of sp³-hybridized carbons (Fsp3) is 0.273. The summed E-state index contributed by atoms with van der Waals surface area (Å²) in [4.78, 5) is 4.64. The number of thiocarbonyl (C=S) groups is 1. The first-order chi connectivity index (χ1) is 14.6. The molecule has 1 aromatic heterocycles. The van der Waals surface area contributed by atoms with E-state index in [4.69, 9.17) is 35.4 Å². The lowest BCUT2D eigenvalue weighted by molar-refractivity contribution is 0.177. The van der Waals surface area contributed by atoms with Crippen molar-refractivity contribution >= 4 is 46.2 Å². The minimum absolute atomic E-state index is 0.623. The van der Waals surface area contributed by atoms with Gasteiger partial charge in [-0.25, -0.2) is 0 Å². The van der Waals surface area contributed by atoms with Crippen LogP contribution in [0.3, 0.4) is 0 Å². The third-order valence-corrected chi connectivity index (χ3v) is 6.13. The number of nitrogens with zero attached hydrogens (tertiary/aromatic N) is 4. The normalized spacial score (nSPS) is 14.7. The summed E-state index contributed by atoms with van der Waals surface area (Å²) >= 11 is 17.8. The third kappa shape index (κ3) is 5.52. The number of benzene rings is 2. The molecule has 0 spiro atoms. The lowest BCUT2D eigenvalue weighted by Crippen LogP contribution is -2.49. The van der Waals surface area contributed by atoms with E-state index in [1.165, 1.54) is 5.56 Å². The van der Waals surface area contributed by atoms with Crippen molar-refractivity contribution in [2.75, 3.05) is 31.5 Å². The minimum Gasteiger partial charge on any atom is -0.346 e. The molecule has 5 nitrogen and oxygen atoms in total. The molecule has 1 fully saturated rings. The minimum atomic E-state index is 0.623. The lowest BCUT2D eigenvalue weighted by atomic mass is 10.2. The molecule has 1 N–H and O–H groups in total. The molecule has 0 atom stereocenters. The summed E-state index contributed by atoms with van der Waals surface area (Å²) in [5, 5.41) is 9.98. The molecule has 0 amide bonds. The second-order valence-corrected chi connectivity index (χ2v) is 8.57. The Morgan fingerprint density at radius 3 is 2.43 bits per heavy atom. The van der Waals surface area contributed by atoms with E-state index in [-0.39, 0.29) is 0 Å². The Kier molecular flexibility index (Phi) is 6.89. The number of anilines is 1. The largest absolute Gasteiger partial charge is 0.346 e. The fourth-order valence-electron chi connectivity index (χ4n) is 3.48. The number of nitrogens with one attached hydrogen (secondary N) is 1. The molecule has 0 radical (unpaired) electrons. The van der Waals surface area contributed by atoms with E-state index >= 15 is 0 Å². The molecule has 4 rings (SSSR count). The van der Waals surface area contributed by atoms with Crippen molar-refractivity contribution in [3.05, 3.63) is 82.1 Å². The van der Waals surface area contributed by atoms with Crippen LogP contribution in [-0.2, 0) is 13.1 Å². The molecule has 156 valence electrons. The number of hydrogen-bond donors (Lipinski definition) is 1. The van der Waals surface area contributed by atoms with Gasteiger partial charge in [-0.15, -0.1) is 0 Å². The van der Waals surface area contributed by atoms with Crippen LogP contribution in [-0.4, -0.2) is 50.9 Å². The average molecular weight is 460 g/mol. The van der Waals surface area contributed by atoms with Gasteiger partial charge in [0.1, 0.15) is 0 Å². The van der Waals surface area contributed by atoms with Gasteiger partial charge >= 0.3 is 0 Å². The molecule has 30 heavy (non-hydrogen) atoms. The highest BCUT2D eigenvalue weighted by Gasteiger charge is 2.19. The highest BCUT2D eigenvalue weighted by Crippen LogP contribution is 2.17. The molecular formula is C22H23Cl2N5S. The Hall–Kier alpha value is -2.12. The molecule has 3 aromatic rings. The van der Waals surface area contributed by atoms with Crippen molar-refractivity contribution in [2.45, 2.75) is 13.1 Å². The van der Waals surface area contributed by atoms with Crippen LogP contribution < -0.4 is 5.32 Å². The molecule has 2 heterocycles. The Morgan fingerprint density at radius 2 is 1.70 bits per heavy atom. The van der Waals surface area contributed by atoms with Gasteiger partial charge in [0.15, 0.2) is 5.11 Å². The quantitative estimate of drug-likeness (QED) is 0.556. The van der Waals surface area contributed by atoms with E-state index in [2.05, 4.69) is 32.3 Å². The van der Waals surface area contributed by atoms with Crippen molar-refractivity contribution in [3.63, 3.8) is 0 Å². The average Bonchev–Trinajstić information content (AvgIpc) is 3.19. The summed E-state index contributed by atoms with van der Waals surface area (Å²) in [5.74, 6) is 0. The second kappa shape index (κ2) is 9.79. The molecular weight excluding hydrogens is 437 g/mol. The Balaban J connectivity index is 1.26. The van der Waals surface area contributed by atoms with Crippen molar-refractivity contribution in [2.24, 2.45) is 0 Å². The third-order valence-electron chi connectivity index (χ3n) is 5.15. The van der Waals surface area contributed by atoms with Crippen LogP contribution in [0.4, 0.5) is 5.69 Å². The molecule has 2 aromatic carbocycles. The molecule has 1 saturated heterocycles. The van der Waals surface area contributed by atoms with Crippen LogP contribution in [0.15, 0.2) is 60.9 Å². The van der Waals surface area contributed by atoms with Gasteiger partial charge < -0.3 is 10.2 Å². The zero-order valence-corrected chi connectivity index (χ0v) is 18.8. The van der Waals surface area contributed by atoms with Crippen LogP contribution in [0, 0.1) is 0 Å². The number of aromatic nitrogens is 2. The van der Waals surface area contributed by atoms with Crippen molar-refractivity contribution < 1.29 is 0 Å². The van der Waals surface area contributed by atoms with Gasteiger partial charge in [0.2, 0.25) is 0 Å². The van der Waals surface area contributed by atoms with Gasteiger partial charge in [0.05, 0.1) is 18.4 Å². The maximum absolute atomic E-state index is 6.24. The fourth-order valence-corrected chi connectivity index (χ4v) is 4.10. The van der Waals surface area contributed by atoms with E-state index in [0.717, 1.165) is 59.1 Å². The van der Waals surface area contributed by atoms with Gasteiger partial charge in [-0.2, -0.15) is 5.10 Å². The molecule has 1 aliphatic heterocycles. The molecule has 0 saturated carbocycles. The number of hydrogen-bond acceptors (Lipinski definition) is 3. The van der Waals surface area contributed by atoms with E-state index in [1.54, 1.807) is 6.20 Å². The summed E-state index contributed by atoms with van der Waals surface area (Å²) < 4.78 is 1.86. The van der Waals surface area contributed by atoms with Crippen LogP contribution in [0.5, 0.6) is 0 Å². The maximum atomic E-state index is 6.24. The van der Waals surface area contributed by atoms with Gasteiger partial charge in [-0.1, -0.05) is 53.5 Å². The van der Waals surface area contributed by atoms with Gasteiger partial charge in [-0.3, -0.25) is 9.58 Å². The number of rotatable bonds is 5. The Morgan fingerprint density at radius 1 is 0.967 bits per heavy atom. The second-order valence-electron chi connectivity index (χ2n) is 7.34. The highest BCUT2D eigenvalue weighted by atomic mass is 35.5. The standard InChI is InChI=1S/C22H23Cl2N5S/c23-19-7-5-17(6-8-19)14-27-9-11-28(12-10-27)22(30)26-20-13-25-29(16-20)15-18-3-1-2-4-21(18)24/h1-8,13,16H,9-12,14-15H2,(H,26,30). The summed E-state index contributed by atoms with van der Waals surface area (Å²) in [5.41, 5.74) is 3.20. The SMILES string of the molecule is S=C(Nc1cnn(Cc2ccccc2Cl)c1)N1CCN(Cc2ccc(Cl)cc2)CC1. The Labute approximate surface area is 192 Å². The predicted octanol–water partition coefficient (Wildman–Crippen LogP) is 4.75. The number of piperazine rings is 1. The summed E-state index contributed by atoms with van der Waals surface area (Å²) in [7, 11) is 0. The highest BCUT2D eigenvalue weighted by molar-refractivity contribution is 7.80. The summed E-state index contributed by atoms with van der Waals surface area (Å²) in [6.07, 6.45) is 3.74. The molecule has 8 heteroatoms. The lowest BCUT2D eigenvalue weighted by Gasteiger charge is -2.36. The van der Waals surface area contributed by atoms with E-state index < -0.39 is 0 Å². The first kappa shape index (κ1) is 21.1. The summed E-state index contributed by atoms with van der Waals surface area (Å²) in [6.45, 7) is 5.28. The van der Waals surface area contributed by atoms with Crippen LogP contribution >= 0.6 is 35.4 Å². The smallest absolute Gasteiger partial charge is 0.173 e. The van der Waals surface area contributed by atoms with Crippen molar-refractivity contribution in [1.82, 2.24) is 19.6 Å². The van der Waals surface area contributed by atoms with E-state index in [9.17, 15) is 0 Å². The summed E-state index contributed by atoms with van der Waals surface area (Å²) in [6, 6.07) is 15.9. The first-order valence-electron chi connectivity index (χ1n) is 9.85. The van der Waals surface area contributed by atoms with E-state index in [1.807, 2.05) is 47.3 Å². The van der Waals surface area contributed by atoms with Crippen LogP contribution in [0.1, 0.15) is 11.1 Å². The Bertz CT molecular complexity index is 997. The van der Waals surface area contributed by atoms with Crippen LogP contribution in [0.25, 0.3) is 0 Å². The van der Waals surface area contributed by atoms with Crippen molar-refractivity contribution in [1.29, 1.82) is 0 Å². The molecule has 1 aliphatic rings. The topological polar surface area (TPSA) is 36.3 Å². The molecule has 0 unspecified atom stereocenters. The monoisotopic (exact) mass is 459 g/mol. The number of halogens is 2. The molecule has 0 aliphatic carbocycles. The first-order valence-corrected chi connectivity index (χ1v) is 11.0. The van der Waals surface area contributed by atoms with Crippen molar-refractivity contribution in [3.8, 4) is 0 Å². The molecule has 0 bridgehead atoms.